The Hall–Kier alpha value is -2.68. The Bertz CT molecular complexity index is 1210. The van der Waals surface area contributed by atoms with E-state index in [9.17, 15) is 10.2 Å². The predicted octanol–water partition coefficient (Wildman–Crippen LogP) is 4.32. The number of nitrogens with zero attached hydrogens (tertiary/aromatic N) is 5. The number of aliphatic hydroxyl groups is 2. The molecule has 0 saturated heterocycles. The van der Waals surface area contributed by atoms with Crippen LogP contribution in [0.1, 0.15) is 0 Å². The van der Waals surface area contributed by atoms with Crippen LogP contribution in [0.3, 0.4) is 0 Å². The molecular formula is C27H31Cl2N5O2. The average molecular weight is 528 g/mol. The van der Waals surface area contributed by atoms with Gasteiger partial charge in [-0.1, -0.05) is 23.2 Å². The molecule has 9 heteroatoms. The van der Waals surface area contributed by atoms with Crippen molar-refractivity contribution in [3.8, 4) is 0 Å². The van der Waals surface area contributed by atoms with Gasteiger partial charge >= 0.3 is 0 Å². The fourth-order valence-corrected chi connectivity index (χ4v) is 4.74. The predicted molar refractivity (Wildman–Crippen MR) is 150 cm³/mol. The molecule has 36 heavy (non-hydrogen) atoms. The number of hydrogen-bond acceptors (Lipinski definition) is 7. The Balaban J connectivity index is 1.43. The molecule has 0 bridgehead atoms. The molecule has 2 N–H and O–H groups in total. The SMILES string of the molecule is CN(CCN(CCO)c1ccnc2cc(Cl)ccc12)CCN(CCO)c1ccnc2cc(Cl)ccc12. The molecule has 2 heterocycles. The molecule has 190 valence electrons. The Kier molecular flexibility index (Phi) is 9.18. The second kappa shape index (κ2) is 12.5. The number of fused-ring (bicyclic) bond motifs is 2. The summed E-state index contributed by atoms with van der Waals surface area (Å²) >= 11 is 12.3. The number of aliphatic hydroxyl groups excluding tert-OH is 2. The molecule has 0 radical (unpaired) electrons. The summed E-state index contributed by atoms with van der Waals surface area (Å²) in [6.45, 7) is 4.27. The normalized spacial score (nSPS) is 11.5. The topological polar surface area (TPSA) is 76.0 Å². The van der Waals surface area contributed by atoms with E-state index in [0.29, 0.717) is 23.1 Å². The van der Waals surface area contributed by atoms with Crippen LogP contribution < -0.4 is 9.80 Å². The highest BCUT2D eigenvalue weighted by atomic mass is 35.5. The van der Waals surface area contributed by atoms with Crippen LogP contribution in [0.5, 0.6) is 0 Å². The van der Waals surface area contributed by atoms with E-state index >= 15 is 0 Å². The second-order valence-electron chi connectivity index (χ2n) is 8.71. The van der Waals surface area contributed by atoms with E-state index in [4.69, 9.17) is 23.2 Å². The number of likely N-dealkylation sites (N-methyl/N-ethyl adjacent to an activating group) is 1. The van der Waals surface area contributed by atoms with Gasteiger partial charge in [-0.25, -0.2) is 0 Å². The van der Waals surface area contributed by atoms with E-state index in [-0.39, 0.29) is 13.2 Å². The van der Waals surface area contributed by atoms with Crippen molar-refractivity contribution in [3.63, 3.8) is 0 Å². The minimum absolute atomic E-state index is 0.0601. The third-order valence-corrected chi connectivity index (χ3v) is 6.76. The van der Waals surface area contributed by atoms with Gasteiger partial charge in [-0.15, -0.1) is 0 Å². The molecule has 0 fully saturated rings. The molecule has 2 aromatic heterocycles. The minimum atomic E-state index is 0.0601. The van der Waals surface area contributed by atoms with Crippen molar-refractivity contribution in [2.75, 3.05) is 69.3 Å². The minimum Gasteiger partial charge on any atom is -0.395 e. The molecule has 4 rings (SSSR count). The van der Waals surface area contributed by atoms with Crippen LogP contribution >= 0.6 is 23.2 Å². The maximum absolute atomic E-state index is 9.71. The van der Waals surface area contributed by atoms with Crippen LogP contribution in [-0.2, 0) is 0 Å². The maximum atomic E-state index is 9.71. The summed E-state index contributed by atoms with van der Waals surface area (Å²) in [4.78, 5) is 15.5. The highest BCUT2D eigenvalue weighted by molar-refractivity contribution is 6.31. The molecule has 0 saturated carbocycles. The van der Waals surface area contributed by atoms with Gasteiger partial charge < -0.3 is 24.9 Å². The smallest absolute Gasteiger partial charge is 0.0737 e. The van der Waals surface area contributed by atoms with E-state index in [2.05, 4.69) is 31.7 Å². The summed E-state index contributed by atoms with van der Waals surface area (Å²) in [5.41, 5.74) is 3.73. The second-order valence-corrected chi connectivity index (χ2v) is 9.58. The van der Waals surface area contributed by atoms with Gasteiger partial charge in [-0.05, 0) is 55.6 Å². The number of pyridine rings is 2. The Morgan fingerprint density at radius 2 is 1.08 bits per heavy atom. The maximum Gasteiger partial charge on any atom is 0.0737 e. The Morgan fingerprint density at radius 1 is 0.639 bits per heavy atom. The Morgan fingerprint density at radius 3 is 1.50 bits per heavy atom. The standard InChI is InChI=1S/C27H31Cl2N5O2/c1-32(10-12-33(14-16-35)26-6-8-30-24-18-20(28)2-4-22(24)26)11-13-34(15-17-36)27-7-9-31-25-19-21(29)3-5-23(25)27/h2-9,18-19,35-36H,10-17H2,1H3. The molecule has 0 unspecified atom stereocenters. The molecule has 0 atom stereocenters. The highest BCUT2D eigenvalue weighted by Gasteiger charge is 2.14. The first-order valence-corrected chi connectivity index (χ1v) is 12.7. The first-order valence-electron chi connectivity index (χ1n) is 12.0. The van der Waals surface area contributed by atoms with Crippen molar-refractivity contribution < 1.29 is 10.2 Å². The van der Waals surface area contributed by atoms with Crippen LogP contribution in [0.4, 0.5) is 11.4 Å². The number of halogens is 2. The zero-order chi connectivity index (χ0) is 25.5. The zero-order valence-corrected chi connectivity index (χ0v) is 21.8. The van der Waals surface area contributed by atoms with Gasteiger partial charge in [-0.3, -0.25) is 9.97 Å². The van der Waals surface area contributed by atoms with Gasteiger partial charge in [-0.2, -0.15) is 0 Å². The van der Waals surface area contributed by atoms with Crippen molar-refractivity contribution in [2.24, 2.45) is 0 Å². The summed E-state index contributed by atoms with van der Waals surface area (Å²) in [7, 11) is 2.09. The van der Waals surface area contributed by atoms with Crippen molar-refractivity contribution >= 4 is 56.4 Å². The summed E-state index contributed by atoms with van der Waals surface area (Å²) in [6.07, 6.45) is 3.56. The number of benzene rings is 2. The number of aromatic nitrogens is 2. The van der Waals surface area contributed by atoms with E-state index in [1.807, 2.05) is 48.5 Å². The van der Waals surface area contributed by atoms with Gasteiger partial charge in [0.2, 0.25) is 0 Å². The summed E-state index contributed by atoms with van der Waals surface area (Å²) in [6, 6.07) is 15.4. The summed E-state index contributed by atoms with van der Waals surface area (Å²) in [5.74, 6) is 0. The molecule has 0 aliphatic carbocycles. The monoisotopic (exact) mass is 527 g/mol. The molecule has 0 aliphatic heterocycles. The van der Waals surface area contributed by atoms with Crippen LogP contribution in [0, 0.1) is 0 Å². The summed E-state index contributed by atoms with van der Waals surface area (Å²) < 4.78 is 0. The molecule has 4 aromatic rings. The lowest BCUT2D eigenvalue weighted by Crippen LogP contribution is -2.39. The number of hydrogen-bond donors (Lipinski definition) is 2. The molecule has 2 aromatic carbocycles. The van der Waals surface area contributed by atoms with Crippen molar-refractivity contribution in [1.82, 2.24) is 14.9 Å². The van der Waals surface area contributed by atoms with Crippen LogP contribution in [-0.4, -0.2) is 84.6 Å². The third kappa shape index (κ3) is 6.35. The van der Waals surface area contributed by atoms with Crippen LogP contribution in [0.2, 0.25) is 10.0 Å². The zero-order valence-electron chi connectivity index (χ0n) is 20.3. The Labute approximate surface area is 221 Å². The molecule has 7 nitrogen and oxygen atoms in total. The fourth-order valence-electron chi connectivity index (χ4n) is 4.41. The lowest BCUT2D eigenvalue weighted by molar-refractivity contribution is 0.290. The van der Waals surface area contributed by atoms with E-state index < -0.39 is 0 Å². The molecule has 0 aliphatic rings. The van der Waals surface area contributed by atoms with Crippen LogP contribution in [0.15, 0.2) is 60.9 Å². The largest absolute Gasteiger partial charge is 0.395 e. The molecule has 0 amide bonds. The van der Waals surface area contributed by atoms with Crippen molar-refractivity contribution in [2.45, 2.75) is 0 Å². The quantitative estimate of drug-likeness (QED) is 0.284. The molecular weight excluding hydrogens is 497 g/mol. The first kappa shape index (κ1) is 26.4. The number of anilines is 2. The van der Waals surface area contributed by atoms with E-state index in [1.165, 1.54) is 0 Å². The van der Waals surface area contributed by atoms with Gasteiger partial charge in [0.25, 0.3) is 0 Å². The highest BCUT2D eigenvalue weighted by Crippen LogP contribution is 2.28. The lowest BCUT2D eigenvalue weighted by Gasteiger charge is -2.30. The lowest BCUT2D eigenvalue weighted by atomic mass is 10.1. The van der Waals surface area contributed by atoms with Gasteiger partial charge in [0.05, 0.1) is 24.2 Å². The van der Waals surface area contributed by atoms with Crippen LogP contribution in [0.25, 0.3) is 21.8 Å². The molecule has 0 spiro atoms. The third-order valence-electron chi connectivity index (χ3n) is 6.29. The average Bonchev–Trinajstić information content (AvgIpc) is 2.88. The summed E-state index contributed by atoms with van der Waals surface area (Å²) in [5, 5.41) is 22.7. The van der Waals surface area contributed by atoms with E-state index in [0.717, 1.165) is 59.4 Å². The number of rotatable bonds is 12. The van der Waals surface area contributed by atoms with Gasteiger partial charge in [0, 0.05) is 83.9 Å². The van der Waals surface area contributed by atoms with Gasteiger partial charge in [0.15, 0.2) is 0 Å². The van der Waals surface area contributed by atoms with E-state index in [1.54, 1.807) is 12.4 Å². The van der Waals surface area contributed by atoms with Crippen molar-refractivity contribution in [3.05, 3.63) is 71.0 Å². The fraction of sp³-hybridized carbons (Fsp3) is 0.333. The first-order chi connectivity index (χ1) is 17.5. The van der Waals surface area contributed by atoms with Gasteiger partial charge in [0.1, 0.15) is 0 Å². The van der Waals surface area contributed by atoms with Crippen molar-refractivity contribution in [1.29, 1.82) is 0 Å².